The number of hydrogen-bond acceptors (Lipinski definition) is 5. The third-order valence-electron chi connectivity index (χ3n) is 1.68. The Hall–Kier alpha value is -1.86. The standard InChI is InChI=1S/C8H8O7/c9-5(6(10)8(13)14)3-1-2-4(15-3)7(11)12/h1-2,5-6,9-10H,(H,11,12)(H,13,14). The fourth-order valence-corrected chi connectivity index (χ4v) is 0.917. The second kappa shape index (κ2) is 4.11. The van der Waals surface area contributed by atoms with Gasteiger partial charge in [-0.15, -0.1) is 0 Å². The van der Waals surface area contributed by atoms with Gasteiger partial charge in [-0.05, 0) is 12.1 Å². The van der Waals surface area contributed by atoms with Gasteiger partial charge in [-0.1, -0.05) is 0 Å². The van der Waals surface area contributed by atoms with Crippen LogP contribution in [0.15, 0.2) is 16.5 Å². The van der Waals surface area contributed by atoms with E-state index in [4.69, 9.17) is 15.3 Å². The molecular weight excluding hydrogens is 208 g/mol. The van der Waals surface area contributed by atoms with Gasteiger partial charge in [-0.25, -0.2) is 9.59 Å². The third kappa shape index (κ3) is 2.33. The van der Waals surface area contributed by atoms with Crippen molar-refractivity contribution >= 4 is 11.9 Å². The maximum Gasteiger partial charge on any atom is 0.371 e. The minimum Gasteiger partial charge on any atom is -0.479 e. The van der Waals surface area contributed by atoms with Crippen LogP contribution < -0.4 is 0 Å². The lowest BCUT2D eigenvalue weighted by molar-refractivity contribution is -0.153. The summed E-state index contributed by atoms with van der Waals surface area (Å²) in [5.41, 5.74) is 0. The Morgan fingerprint density at radius 2 is 1.80 bits per heavy atom. The van der Waals surface area contributed by atoms with Crippen molar-refractivity contribution in [3.05, 3.63) is 23.7 Å². The molecule has 0 aliphatic heterocycles. The first kappa shape index (κ1) is 11.2. The molecule has 15 heavy (non-hydrogen) atoms. The van der Waals surface area contributed by atoms with Crippen LogP contribution in [0.2, 0.25) is 0 Å². The van der Waals surface area contributed by atoms with Crippen molar-refractivity contribution in [3.8, 4) is 0 Å². The summed E-state index contributed by atoms with van der Waals surface area (Å²) in [7, 11) is 0. The molecule has 1 rings (SSSR count). The van der Waals surface area contributed by atoms with E-state index in [1.165, 1.54) is 0 Å². The van der Waals surface area contributed by atoms with Gasteiger partial charge in [0.15, 0.2) is 6.10 Å². The Kier molecular flexibility index (Phi) is 3.08. The number of carboxylic acid groups (broad SMARTS) is 2. The molecule has 2 unspecified atom stereocenters. The molecule has 0 saturated carbocycles. The second-order valence-electron chi connectivity index (χ2n) is 2.74. The molecule has 0 amide bonds. The van der Waals surface area contributed by atoms with Crippen molar-refractivity contribution in [2.75, 3.05) is 0 Å². The lowest BCUT2D eigenvalue weighted by Gasteiger charge is -2.10. The maximum atomic E-state index is 10.4. The second-order valence-corrected chi connectivity index (χ2v) is 2.74. The van der Waals surface area contributed by atoms with Gasteiger partial charge in [0.1, 0.15) is 11.9 Å². The van der Waals surface area contributed by atoms with Crippen LogP contribution in [0.4, 0.5) is 0 Å². The molecule has 4 N–H and O–H groups in total. The molecule has 2 atom stereocenters. The molecule has 0 bridgehead atoms. The predicted molar refractivity (Wildman–Crippen MR) is 44.3 cm³/mol. The molecule has 7 heteroatoms. The summed E-state index contributed by atoms with van der Waals surface area (Å²) < 4.78 is 4.61. The maximum absolute atomic E-state index is 10.4. The summed E-state index contributed by atoms with van der Waals surface area (Å²) in [4.78, 5) is 20.7. The highest BCUT2D eigenvalue weighted by atomic mass is 16.4. The van der Waals surface area contributed by atoms with E-state index in [1.54, 1.807) is 0 Å². The highest BCUT2D eigenvalue weighted by Crippen LogP contribution is 2.19. The number of carbonyl (C=O) groups is 2. The zero-order valence-corrected chi connectivity index (χ0v) is 7.32. The Bertz CT molecular complexity index is 380. The van der Waals surface area contributed by atoms with E-state index in [1.807, 2.05) is 0 Å². The van der Waals surface area contributed by atoms with Gasteiger partial charge in [0.2, 0.25) is 5.76 Å². The summed E-state index contributed by atoms with van der Waals surface area (Å²) >= 11 is 0. The fourth-order valence-electron chi connectivity index (χ4n) is 0.917. The first-order chi connectivity index (χ1) is 6.93. The van der Waals surface area contributed by atoms with Gasteiger partial charge >= 0.3 is 11.9 Å². The zero-order valence-electron chi connectivity index (χ0n) is 7.32. The highest BCUT2D eigenvalue weighted by Gasteiger charge is 2.28. The van der Waals surface area contributed by atoms with E-state index in [9.17, 15) is 14.7 Å². The molecule has 1 aromatic heterocycles. The molecule has 7 nitrogen and oxygen atoms in total. The van der Waals surface area contributed by atoms with Gasteiger partial charge < -0.3 is 24.8 Å². The van der Waals surface area contributed by atoms with Gasteiger partial charge in [0.05, 0.1) is 0 Å². The number of rotatable bonds is 4. The number of aromatic carboxylic acids is 1. The highest BCUT2D eigenvalue weighted by molar-refractivity contribution is 5.84. The van der Waals surface area contributed by atoms with E-state index < -0.39 is 29.9 Å². The van der Waals surface area contributed by atoms with Gasteiger partial charge in [-0.3, -0.25) is 0 Å². The van der Waals surface area contributed by atoms with Crippen molar-refractivity contribution in [2.24, 2.45) is 0 Å². The van der Waals surface area contributed by atoms with Crippen LogP contribution in [0.25, 0.3) is 0 Å². The van der Waals surface area contributed by atoms with E-state index >= 15 is 0 Å². The molecule has 0 radical (unpaired) electrons. The SMILES string of the molecule is O=C(O)c1ccc(C(O)C(O)C(=O)O)o1. The summed E-state index contributed by atoms with van der Waals surface area (Å²) in [6.07, 6.45) is -3.85. The number of hydrogen-bond donors (Lipinski definition) is 4. The zero-order chi connectivity index (χ0) is 11.6. The van der Waals surface area contributed by atoms with Gasteiger partial charge in [-0.2, -0.15) is 0 Å². The van der Waals surface area contributed by atoms with Crippen LogP contribution in [0, 0.1) is 0 Å². The van der Waals surface area contributed by atoms with Crippen molar-refractivity contribution in [2.45, 2.75) is 12.2 Å². The van der Waals surface area contributed by atoms with Crippen LogP contribution >= 0.6 is 0 Å². The average Bonchev–Trinajstić information content (AvgIpc) is 2.64. The van der Waals surface area contributed by atoms with E-state index in [2.05, 4.69) is 4.42 Å². The molecule has 0 fully saturated rings. The number of aliphatic hydroxyl groups is 2. The summed E-state index contributed by atoms with van der Waals surface area (Å²) in [5.74, 6) is -3.74. The smallest absolute Gasteiger partial charge is 0.371 e. The third-order valence-corrected chi connectivity index (χ3v) is 1.68. The first-order valence-corrected chi connectivity index (χ1v) is 3.85. The van der Waals surface area contributed by atoms with Gasteiger partial charge in [0, 0.05) is 0 Å². The minimum atomic E-state index is -2.06. The first-order valence-electron chi connectivity index (χ1n) is 3.85. The number of aliphatic hydroxyl groups excluding tert-OH is 2. The number of carboxylic acids is 2. The normalized spacial score (nSPS) is 14.5. The quantitative estimate of drug-likeness (QED) is 0.531. The van der Waals surface area contributed by atoms with E-state index in [-0.39, 0.29) is 5.76 Å². The largest absolute Gasteiger partial charge is 0.479 e. The molecular formula is C8H8O7. The van der Waals surface area contributed by atoms with Crippen molar-refractivity contribution < 1.29 is 34.4 Å². The van der Waals surface area contributed by atoms with Crippen molar-refractivity contribution in [3.63, 3.8) is 0 Å². The Morgan fingerprint density at radius 1 is 1.20 bits per heavy atom. The molecule has 1 heterocycles. The molecule has 0 aliphatic carbocycles. The summed E-state index contributed by atoms with van der Waals surface area (Å²) in [6.45, 7) is 0. The number of aliphatic carboxylic acids is 1. The Labute approximate surface area is 83.2 Å². The predicted octanol–water partition coefficient (Wildman–Crippen LogP) is -0.543. The lowest BCUT2D eigenvalue weighted by Crippen LogP contribution is -2.27. The Balaban J connectivity index is 2.87. The van der Waals surface area contributed by atoms with Crippen LogP contribution in [-0.2, 0) is 4.79 Å². The van der Waals surface area contributed by atoms with Crippen LogP contribution in [0.3, 0.4) is 0 Å². The van der Waals surface area contributed by atoms with Crippen LogP contribution in [-0.4, -0.2) is 38.5 Å². The number of furan rings is 1. The molecule has 0 aromatic carbocycles. The monoisotopic (exact) mass is 216 g/mol. The van der Waals surface area contributed by atoms with Crippen LogP contribution in [0.5, 0.6) is 0 Å². The molecule has 0 aliphatic rings. The topological polar surface area (TPSA) is 128 Å². The molecule has 0 spiro atoms. The molecule has 0 saturated heterocycles. The molecule has 1 aromatic rings. The lowest BCUT2D eigenvalue weighted by atomic mass is 10.1. The van der Waals surface area contributed by atoms with Crippen molar-refractivity contribution in [1.29, 1.82) is 0 Å². The molecule has 82 valence electrons. The summed E-state index contributed by atoms with van der Waals surface area (Å²) in [5, 5.41) is 35.0. The van der Waals surface area contributed by atoms with Crippen LogP contribution in [0.1, 0.15) is 22.4 Å². The van der Waals surface area contributed by atoms with Gasteiger partial charge in [0.25, 0.3) is 0 Å². The van der Waals surface area contributed by atoms with E-state index in [0.717, 1.165) is 12.1 Å². The van der Waals surface area contributed by atoms with Crippen molar-refractivity contribution in [1.82, 2.24) is 0 Å². The van der Waals surface area contributed by atoms with E-state index in [0.29, 0.717) is 0 Å². The average molecular weight is 216 g/mol. The Morgan fingerprint density at radius 3 is 2.20 bits per heavy atom. The fraction of sp³-hybridized carbons (Fsp3) is 0.250. The minimum absolute atomic E-state index is 0.317. The summed E-state index contributed by atoms with van der Waals surface area (Å²) in [6, 6.07) is 2.13.